The van der Waals surface area contributed by atoms with Crippen LogP contribution >= 0.6 is 23.2 Å². The molecule has 0 aliphatic heterocycles. The molecule has 2 nitrogen and oxygen atoms in total. The van der Waals surface area contributed by atoms with E-state index in [2.05, 4.69) is 0 Å². The van der Waals surface area contributed by atoms with E-state index in [0.717, 1.165) is 6.29 Å². The fourth-order valence-corrected chi connectivity index (χ4v) is 1.48. The van der Waals surface area contributed by atoms with Crippen molar-refractivity contribution in [2.75, 3.05) is 0 Å². The standard InChI is InChI=1S/C8H7ClO.C7H5ClO/c1-6(10)7-2-4-8(9)5-3-7;8-7-3-1-6(5-9)2-4-7/h2-5H,1H3;1-5H. The Bertz CT molecular complexity index is 545. The molecule has 0 aliphatic rings. The van der Waals surface area contributed by atoms with Crippen LogP contribution in [-0.2, 0) is 0 Å². The lowest BCUT2D eigenvalue weighted by atomic mass is 10.2. The van der Waals surface area contributed by atoms with E-state index < -0.39 is 0 Å². The highest BCUT2D eigenvalue weighted by atomic mass is 35.5. The van der Waals surface area contributed by atoms with E-state index in [1.165, 1.54) is 6.92 Å². The second-order valence-corrected chi connectivity index (χ2v) is 4.61. The molecule has 0 unspecified atom stereocenters. The van der Waals surface area contributed by atoms with Crippen LogP contribution in [0.15, 0.2) is 48.5 Å². The van der Waals surface area contributed by atoms with Gasteiger partial charge in [0.05, 0.1) is 0 Å². The minimum absolute atomic E-state index is 0.0664. The van der Waals surface area contributed by atoms with Crippen molar-refractivity contribution in [2.45, 2.75) is 6.92 Å². The molecule has 0 aliphatic carbocycles. The molecule has 0 N–H and O–H groups in total. The fourth-order valence-electron chi connectivity index (χ4n) is 1.23. The molecule has 19 heavy (non-hydrogen) atoms. The van der Waals surface area contributed by atoms with Gasteiger partial charge in [0.1, 0.15) is 6.29 Å². The van der Waals surface area contributed by atoms with E-state index in [9.17, 15) is 9.59 Å². The van der Waals surface area contributed by atoms with Gasteiger partial charge in [0, 0.05) is 21.2 Å². The van der Waals surface area contributed by atoms with E-state index in [-0.39, 0.29) is 5.78 Å². The summed E-state index contributed by atoms with van der Waals surface area (Å²) in [5.74, 6) is 0.0664. The monoisotopic (exact) mass is 294 g/mol. The molecule has 2 rings (SSSR count). The lowest BCUT2D eigenvalue weighted by Gasteiger charge is -1.92. The third kappa shape index (κ3) is 5.69. The van der Waals surface area contributed by atoms with E-state index in [1.54, 1.807) is 48.5 Å². The van der Waals surface area contributed by atoms with Crippen LogP contribution in [0, 0.1) is 0 Å². The number of aldehydes is 1. The van der Waals surface area contributed by atoms with E-state index in [0.29, 0.717) is 21.2 Å². The first-order valence-corrected chi connectivity index (χ1v) is 6.26. The highest BCUT2D eigenvalue weighted by Gasteiger charge is 1.95. The number of Topliss-reactive ketones (excluding diaryl/α,β-unsaturated/α-hetero) is 1. The maximum atomic E-state index is 10.7. The molecule has 0 bridgehead atoms. The predicted molar refractivity (Wildman–Crippen MR) is 78.3 cm³/mol. The smallest absolute Gasteiger partial charge is 0.159 e. The molecule has 4 heteroatoms. The van der Waals surface area contributed by atoms with Crippen LogP contribution in [0.25, 0.3) is 0 Å². The van der Waals surface area contributed by atoms with Gasteiger partial charge < -0.3 is 0 Å². The number of ketones is 1. The average Bonchev–Trinajstić information content (AvgIpc) is 2.41. The van der Waals surface area contributed by atoms with Crippen molar-refractivity contribution in [1.29, 1.82) is 0 Å². The van der Waals surface area contributed by atoms with Crippen LogP contribution in [0.2, 0.25) is 10.0 Å². The molecule has 0 saturated carbocycles. The van der Waals surface area contributed by atoms with Crippen molar-refractivity contribution >= 4 is 35.3 Å². The maximum Gasteiger partial charge on any atom is 0.159 e. The molecule has 2 aromatic carbocycles. The number of hydrogen-bond donors (Lipinski definition) is 0. The Morgan fingerprint density at radius 2 is 1.32 bits per heavy atom. The van der Waals surface area contributed by atoms with Gasteiger partial charge in [0.15, 0.2) is 5.78 Å². The molecule has 0 spiro atoms. The molecule has 0 radical (unpaired) electrons. The number of rotatable bonds is 2. The fraction of sp³-hybridized carbons (Fsp3) is 0.0667. The van der Waals surface area contributed by atoms with Crippen molar-refractivity contribution in [3.63, 3.8) is 0 Å². The Morgan fingerprint density at radius 1 is 0.895 bits per heavy atom. The Kier molecular flexibility index (Phi) is 6.26. The lowest BCUT2D eigenvalue weighted by Crippen LogP contribution is -1.89. The number of halogens is 2. The van der Waals surface area contributed by atoms with Crippen LogP contribution in [0.1, 0.15) is 27.6 Å². The highest BCUT2D eigenvalue weighted by molar-refractivity contribution is 6.30. The summed E-state index contributed by atoms with van der Waals surface area (Å²) in [6.07, 6.45) is 0.788. The molecule has 0 heterocycles. The van der Waals surface area contributed by atoms with Gasteiger partial charge in [-0.3, -0.25) is 9.59 Å². The predicted octanol–water partition coefficient (Wildman–Crippen LogP) is 4.70. The molecule has 0 atom stereocenters. The van der Waals surface area contributed by atoms with Gasteiger partial charge in [-0.05, 0) is 43.3 Å². The SMILES string of the molecule is CC(=O)c1ccc(Cl)cc1.O=Cc1ccc(Cl)cc1. The zero-order valence-electron chi connectivity index (χ0n) is 10.3. The third-order valence-corrected chi connectivity index (χ3v) is 2.76. The molecular formula is C15H12Cl2O2. The first kappa shape index (κ1) is 15.4. The van der Waals surface area contributed by atoms with Crippen molar-refractivity contribution in [3.8, 4) is 0 Å². The number of carbonyl (C=O) groups is 2. The van der Waals surface area contributed by atoms with Crippen LogP contribution in [0.4, 0.5) is 0 Å². The Labute approximate surface area is 122 Å². The van der Waals surface area contributed by atoms with Crippen LogP contribution < -0.4 is 0 Å². The van der Waals surface area contributed by atoms with Crippen LogP contribution in [0.3, 0.4) is 0 Å². The molecular weight excluding hydrogens is 283 g/mol. The maximum absolute atomic E-state index is 10.7. The second kappa shape index (κ2) is 7.72. The normalized spacial score (nSPS) is 9.21. The van der Waals surface area contributed by atoms with Crippen molar-refractivity contribution in [1.82, 2.24) is 0 Å². The Hall–Kier alpha value is -1.64. The van der Waals surface area contributed by atoms with Gasteiger partial charge in [0.25, 0.3) is 0 Å². The lowest BCUT2D eigenvalue weighted by molar-refractivity contribution is 0.101. The summed E-state index contributed by atoms with van der Waals surface area (Å²) >= 11 is 11.2. The molecule has 0 aromatic heterocycles. The third-order valence-electron chi connectivity index (χ3n) is 2.26. The van der Waals surface area contributed by atoms with Gasteiger partial charge in [-0.2, -0.15) is 0 Å². The van der Waals surface area contributed by atoms with Gasteiger partial charge in [-0.1, -0.05) is 35.3 Å². The molecule has 98 valence electrons. The largest absolute Gasteiger partial charge is 0.298 e. The zero-order chi connectivity index (χ0) is 14.3. The summed E-state index contributed by atoms with van der Waals surface area (Å²) < 4.78 is 0. The summed E-state index contributed by atoms with van der Waals surface area (Å²) in [6, 6.07) is 13.6. The Balaban J connectivity index is 0.000000191. The van der Waals surface area contributed by atoms with Crippen molar-refractivity contribution < 1.29 is 9.59 Å². The number of benzene rings is 2. The number of carbonyl (C=O) groups excluding carboxylic acids is 2. The summed E-state index contributed by atoms with van der Waals surface area (Å²) in [4.78, 5) is 20.8. The van der Waals surface area contributed by atoms with E-state index in [4.69, 9.17) is 23.2 Å². The van der Waals surface area contributed by atoms with Crippen LogP contribution in [-0.4, -0.2) is 12.1 Å². The molecule has 0 amide bonds. The minimum Gasteiger partial charge on any atom is -0.298 e. The van der Waals surface area contributed by atoms with Crippen LogP contribution in [0.5, 0.6) is 0 Å². The van der Waals surface area contributed by atoms with Gasteiger partial charge in [-0.15, -0.1) is 0 Å². The quantitative estimate of drug-likeness (QED) is 0.594. The minimum atomic E-state index is 0.0664. The van der Waals surface area contributed by atoms with Crippen molar-refractivity contribution in [3.05, 3.63) is 69.7 Å². The average molecular weight is 295 g/mol. The van der Waals surface area contributed by atoms with Gasteiger partial charge in [-0.25, -0.2) is 0 Å². The van der Waals surface area contributed by atoms with E-state index >= 15 is 0 Å². The summed E-state index contributed by atoms with van der Waals surface area (Å²) in [6.45, 7) is 1.53. The Morgan fingerprint density at radius 3 is 1.68 bits per heavy atom. The van der Waals surface area contributed by atoms with Gasteiger partial charge in [0.2, 0.25) is 0 Å². The summed E-state index contributed by atoms with van der Waals surface area (Å²) in [5.41, 5.74) is 1.35. The van der Waals surface area contributed by atoms with E-state index in [1.807, 2.05) is 0 Å². The second-order valence-electron chi connectivity index (χ2n) is 3.73. The summed E-state index contributed by atoms with van der Waals surface area (Å²) in [5, 5.41) is 1.31. The topological polar surface area (TPSA) is 34.1 Å². The zero-order valence-corrected chi connectivity index (χ0v) is 11.8. The molecule has 2 aromatic rings. The first-order chi connectivity index (χ1) is 9.02. The summed E-state index contributed by atoms with van der Waals surface area (Å²) in [7, 11) is 0. The number of hydrogen-bond acceptors (Lipinski definition) is 2. The molecule has 0 fully saturated rings. The highest BCUT2D eigenvalue weighted by Crippen LogP contribution is 2.09. The van der Waals surface area contributed by atoms with Gasteiger partial charge >= 0.3 is 0 Å². The molecule has 0 saturated heterocycles. The van der Waals surface area contributed by atoms with Crippen molar-refractivity contribution in [2.24, 2.45) is 0 Å². The first-order valence-electron chi connectivity index (χ1n) is 5.50.